The minimum absolute atomic E-state index is 0.0937. The SMILES string of the molecule is CCc1cc2c(o1)C(=O)c1ccc(CCCC(C)C)cc1C2=O. The number of furan rings is 1. The molecular weight excluding hydrogens is 288 g/mol. The van der Waals surface area contributed by atoms with Gasteiger partial charge in [-0.3, -0.25) is 9.59 Å². The third-order valence-electron chi connectivity index (χ3n) is 4.40. The minimum atomic E-state index is -0.178. The number of carbonyl (C=O) groups excluding carboxylic acids is 2. The van der Waals surface area contributed by atoms with Gasteiger partial charge in [-0.15, -0.1) is 0 Å². The normalized spacial score (nSPS) is 13.4. The minimum Gasteiger partial charge on any atom is -0.457 e. The molecular formula is C20H22O3. The average molecular weight is 310 g/mol. The van der Waals surface area contributed by atoms with Crippen LogP contribution in [0.2, 0.25) is 0 Å². The Labute approximate surface area is 136 Å². The third-order valence-corrected chi connectivity index (χ3v) is 4.40. The predicted molar refractivity (Wildman–Crippen MR) is 89.2 cm³/mol. The number of aryl methyl sites for hydroxylation is 2. The van der Waals surface area contributed by atoms with Gasteiger partial charge in [0.25, 0.3) is 0 Å². The summed E-state index contributed by atoms with van der Waals surface area (Å²) in [6.07, 6.45) is 3.86. The molecule has 0 saturated heterocycles. The Balaban J connectivity index is 1.92. The summed E-state index contributed by atoms with van der Waals surface area (Å²) < 4.78 is 5.55. The second kappa shape index (κ2) is 6.15. The van der Waals surface area contributed by atoms with Gasteiger partial charge >= 0.3 is 0 Å². The number of rotatable bonds is 5. The number of hydrogen-bond acceptors (Lipinski definition) is 3. The molecule has 3 rings (SSSR count). The van der Waals surface area contributed by atoms with Gasteiger partial charge < -0.3 is 4.42 Å². The predicted octanol–water partition coefficient (Wildman–Crippen LogP) is 4.60. The summed E-state index contributed by atoms with van der Waals surface area (Å²) in [6, 6.07) is 7.33. The van der Waals surface area contributed by atoms with Crippen molar-refractivity contribution in [2.75, 3.05) is 0 Å². The lowest BCUT2D eigenvalue weighted by atomic mass is 9.86. The van der Waals surface area contributed by atoms with Gasteiger partial charge in [0.2, 0.25) is 5.78 Å². The zero-order valence-corrected chi connectivity index (χ0v) is 13.9. The monoisotopic (exact) mass is 310 g/mol. The van der Waals surface area contributed by atoms with Crippen molar-refractivity contribution in [3.63, 3.8) is 0 Å². The molecule has 0 bridgehead atoms. The van der Waals surface area contributed by atoms with Crippen LogP contribution in [0.1, 0.15) is 77.0 Å². The zero-order valence-electron chi connectivity index (χ0n) is 13.9. The highest BCUT2D eigenvalue weighted by atomic mass is 16.3. The molecule has 0 saturated carbocycles. The Morgan fingerprint density at radius 1 is 1.00 bits per heavy atom. The molecule has 0 N–H and O–H groups in total. The van der Waals surface area contributed by atoms with Crippen molar-refractivity contribution in [2.24, 2.45) is 5.92 Å². The van der Waals surface area contributed by atoms with E-state index in [4.69, 9.17) is 4.42 Å². The van der Waals surface area contributed by atoms with Gasteiger partial charge in [0.15, 0.2) is 11.5 Å². The molecule has 1 aromatic carbocycles. The van der Waals surface area contributed by atoms with Crippen LogP contribution in [0.5, 0.6) is 0 Å². The highest BCUT2D eigenvalue weighted by molar-refractivity contribution is 6.27. The Morgan fingerprint density at radius 3 is 2.48 bits per heavy atom. The highest BCUT2D eigenvalue weighted by Gasteiger charge is 2.33. The Kier molecular flexibility index (Phi) is 4.20. The Hall–Kier alpha value is -2.16. The van der Waals surface area contributed by atoms with Crippen LogP contribution in [0.3, 0.4) is 0 Å². The summed E-state index contributed by atoms with van der Waals surface area (Å²) in [5.74, 6) is 1.29. The fraction of sp³-hybridized carbons (Fsp3) is 0.400. The molecule has 1 aliphatic rings. The molecule has 0 amide bonds. The van der Waals surface area contributed by atoms with Crippen molar-refractivity contribution in [3.8, 4) is 0 Å². The molecule has 3 nitrogen and oxygen atoms in total. The van der Waals surface area contributed by atoms with Gasteiger partial charge in [0, 0.05) is 17.5 Å². The maximum atomic E-state index is 12.7. The van der Waals surface area contributed by atoms with Crippen LogP contribution < -0.4 is 0 Å². The van der Waals surface area contributed by atoms with Gasteiger partial charge in [0.05, 0.1) is 5.56 Å². The summed E-state index contributed by atoms with van der Waals surface area (Å²) in [7, 11) is 0. The van der Waals surface area contributed by atoms with E-state index in [-0.39, 0.29) is 17.3 Å². The molecule has 0 aliphatic heterocycles. The molecule has 0 radical (unpaired) electrons. The molecule has 1 aromatic heterocycles. The topological polar surface area (TPSA) is 47.3 Å². The second-order valence-corrected chi connectivity index (χ2v) is 6.63. The Morgan fingerprint density at radius 2 is 1.78 bits per heavy atom. The largest absolute Gasteiger partial charge is 0.457 e. The molecule has 23 heavy (non-hydrogen) atoms. The molecule has 1 aliphatic carbocycles. The number of benzene rings is 1. The van der Waals surface area contributed by atoms with Crippen molar-refractivity contribution in [1.29, 1.82) is 0 Å². The molecule has 0 fully saturated rings. The van der Waals surface area contributed by atoms with E-state index in [1.54, 1.807) is 12.1 Å². The van der Waals surface area contributed by atoms with Crippen molar-refractivity contribution >= 4 is 11.6 Å². The number of fused-ring (bicyclic) bond motifs is 2. The number of carbonyl (C=O) groups is 2. The summed E-state index contributed by atoms with van der Waals surface area (Å²) in [6.45, 7) is 6.36. The maximum Gasteiger partial charge on any atom is 0.229 e. The first kappa shape index (κ1) is 15.7. The lowest BCUT2D eigenvalue weighted by Gasteiger charge is -2.14. The average Bonchev–Trinajstić information content (AvgIpc) is 2.97. The van der Waals surface area contributed by atoms with E-state index in [1.165, 1.54) is 0 Å². The van der Waals surface area contributed by atoms with E-state index in [2.05, 4.69) is 13.8 Å². The van der Waals surface area contributed by atoms with Crippen LogP contribution in [0.15, 0.2) is 28.7 Å². The summed E-state index contributed by atoms with van der Waals surface area (Å²) in [5.41, 5.74) is 2.52. The summed E-state index contributed by atoms with van der Waals surface area (Å²) >= 11 is 0. The van der Waals surface area contributed by atoms with Crippen LogP contribution >= 0.6 is 0 Å². The quantitative estimate of drug-likeness (QED) is 0.692. The standard InChI is InChI=1S/C20H22O3/c1-4-14-11-17-18(21)16-10-13(7-5-6-12(2)3)8-9-15(16)19(22)20(17)23-14/h8-12H,4-7H2,1-3H3. The molecule has 1 heterocycles. The molecule has 0 spiro atoms. The van der Waals surface area contributed by atoms with Gasteiger partial charge in [-0.2, -0.15) is 0 Å². The van der Waals surface area contributed by atoms with Crippen LogP contribution in [-0.2, 0) is 12.8 Å². The molecule has 3 heteroatoms. The first-order valence-corrected chi connectivity index (χ1v) is 8.36. The van der Waals surface area contributed by atoms with Gasteiger partial charge in [-0.25, -0.2) is 0 Å². The maximum absolute atomic E-state index is 12.7. The van der Waals surface area contributed by atoms with Crippen LogP contribution in [0.25, 0.3) is 0 Å². The van der Waals surface area contributed by atoms with Gasteiger partial charge in [-0.05, 0) is 42.5 Å². The third kappa shape index (κ3) is 2.88. The molecule has 0 atom stereocenters. The second-order valence-electron chi connectivity index (χ2n) is 6.63. The van der Waals surface area contributed by atoms with Crippen LogP contribution in [0.4, 0.5) is 0 Å². The van der Waals surface area contributed by atoms with Crippen molar-refractivity contribution in [3.05, 3.63) is 58.0 Å². The van der Waals surface area contributed by atoms with E-state index in [0.717, 1.165) is 24.8 Å². The zero-order chi connectivity index (χ0) is 16.6. The van der Waals surface area contributed by atoms with Crippen molar-refractivity contribution in [2.45, 2.75) is 46.5 Å². The van der Waals surface area contributed by atoms with Gasteiger partial charge in [0.1, 0.15) is 5.76 Å². The lowest BCUT2D eigenvalue weighted by molar-refractivity contribution is 0.0959. The Bertz CT molecular complexity index is 765. The van der Waals surface area contributed by atoms with Gasteiger partial charge in [-0.1, -0.05) is 33.3 Å². The number of ketones is 2. The van der Waals surface area contributed by atoms with Crippen molar-refractivity contribution < 1.29 is 14.0 Å². The first-order chi connectivity index (χ1) is 11.0. The molecule has 2 aromatic rings. The van der Waals surface area contributed by atoms with E-state index < -0.39 is 0 Å². The van der Waals surface area contributed by atoms with Crippen molar-refractivity contribution in [1.82, 2.24) is 0 Å². The van der Waals surface area contributed by atoms with Crippen LogP contribution in [0, 0.1) is 5.92 Å². The fourth-order valence-corrected chi connectivity index (χ4v) is 3.07. The first-order valence-electron chi connectivity index (χ1n) is 8.36. The highest BCUT2D eigenvalue weighted by Crippen LogP contribution is 2.30. The lowest BCUT2D eigenvalue weighted by Crippen LogP contribution is -2.19. The molecule has 0 unspecified atom stereocenters. The number of hydrogen-bond donors (Lipinski definition) is 0. The van der Waals surface area contributed by atoms with E-state index in [0.29, 0.717) is 34.8 Å². The fourth-order valence-electron chi connectivity index (χ4n) is 3.07. The van der Waals surface area contributed by atoms with E-state index in [1.807, 2.05) is 19.1 Å². The van der Waals surface area contributed by atoms with Crippen LogP contribution in [-0.4, -0.2) is 11.6 Å². The van der Waals surface area contributed by atoms with E-state index in [9.17, 15) is 9.59 Å². The van der Waals surface area contributed by atoms with E-state index >= 15 is 0 Å². The molecule has 120 valence electrons. The smallest absolute Gasteiger partial charge is 0.229 e. The summed E-state index contributed by atoms with van der Waals surface area (Å²) in [5, 5.41) is 0. The summed E-state index contributed by atoms with van der Waals surface area (Å²) in [4.78, 5) is 25.3.